The average Bonchev–Trinajstić information content (AvgIpc) is 3.04. The second-order valence-corrected chi connectivity index (χ2v) is 6.19. The van der Waals surface area contributed by atoms with Crippen molar-refractivity contribution in [3.05, 3.63) is 35.1 Å². The fourth-order valence-electron chi connectivity index (χ4n) is 3.36. The molecule has 2 aliphatic rings. The number of aliphatic hydroxyl groups excluding tert-OH is 1. The third kappa shape index (κ3) is 3.36. The lowest BCUT2D eigenvalue weighted by Crippen LogP contribution is -2.37. The van der Waals surface area contributed by atoms with E-state index in [9.17, 15) is 14.3 Å². The first-order valence-corrected chi connectivity index (χ1v) is 7.93. The Labute approximate surface area is 134 Å². The van der Waals surface area contributed by atoms with Crippen molar-refractivity contribution >= 4 is 5.91 Å². The lowest BCUT2D eigenvalue weighted by Gasteiger charge is -2.30. The number of rotatable bonds is 2. The van der Waals surface area contributed by atoms with E-state index in [2.05, 4.69) is 0 Å². The van der Waals surface area contributed by atoms with E-state index in [-0.39, 0.29) is 29.5 Å². The van der Waals surface area contributed by atoms with Gasteiger partial charge >= 0.3 is 0 Å². The zero-order valence-corrected chi connectivity index (χ0v) is 12.7. The molecular weight excluding hydrogens is 299 g/mol. The number of hydrogen-bond donors (Lipinski definition) is 1. The van der Waals surface area contributed by atoms with Gasteiger partial charge in [0.25, 0.3) is 0 Å². The summed E-state index contributed by atoms with van der Waals surface area (Å²) in [7, 11) is 0. The highest BCUT2D eigenvalue weighted by Crippen LogP contribution is 2.35. The summed E-state index contributed by atoms with van der Waals surface area (Å²) in [6, 6.07) is 5.70. The van der Waals surface area contributed by atoms with E-state index in [0.29, 0.717) is 44.3 Å². The molecule has 1 N–H and O–H groups in total. The summed E-state index contributed by atoms with van der Waals surface area (Å²) in [5.41, 5.74) is 0.823. The number of halogens is 1. The number of hydrogen-bond acceptors (Lipinski definition) is 4. The topological polar surface area (TPSA) is 73.6 Å². The number of benzene rings is 1. The maximum Gasteiger partial charge on any atom is 0.249 e. The number of hydroxylamine groups is 2. The molecule has 1 amide bonds. The van der Waals surface area contributed by atoms with Crippen molar-refractivity contribution in [2.75, 3.05) is 6.61 Å². The Bertz CT molecular complexity index is 635. The van der Waals surface area contributed by atoms with E-state index < -0.39 is 5.82 Å². The van der Waals surface area contributed by atoms with Gasteiger partial charge in [0.2, 0.25) is 5.91 Å². The van der Waals surface area contributed by atoms with Crippen molar-refractivity contribution in [2.24, 2.45) is 5.92 Å². The quantitative estimate of drug-likeness (QED) is 0.909. The van der Waals surface area contributed by atoms with Crippen LogP contribution in [0.25, 0.3) is 0 Å². The number of amides is 1. The van der Waals surface area contributed by atoms with Crippen molar-refractivity contribution < 1.29 is 19.1 Å². The second-order valence-electron chi connectivity index (χ2n) is 6.19. The molecule has 5 nitrogen and oxygen atoms in total. The lowest BCUT2D eigenvalue weighted by molar-refractivity contribution is -0.183. The smallest absolute Gasteiger partial charge is 0.249 e. The van der Waals surface area contributed by atoms with Crippen LogP contribution >= 0.6 is 0 Å². The highest BCUT2D eigenvalue weighted by atomic mass is 19.1. The zero-order valence-electron chi connectivity index (χ0n) is 12.7. The standard InChI is InChI=1S/C17H19FN2O3/c18-14-8-11(10-19)7-13(9-14)16-5-6-23-20(16)17(22)12-1-3-15(21)4-2-12/h7-9,12,15-16,21H,1-6H2/t12-,15+,16-/m0/s1. The Kier molecular flexibility index (Phi) is 4.60. The van der Waals surface area contributed by atoms with Gasteiger partial charge in [-0.25, -0.2) is 9.45 Å². The number of nitrogens with zero attached hydrogens (tertiary/aromatic N) is 2. The van der Waals surface area contributed by atoms with Crippen molar-refractivity contribution in [1.82, 2.24) is 5.06 Å². The van der Waals surface area contributed by atoms with Gasteiger partial charge < -0.3 is 5.11 Å². The molecule has 0 aromatic heterocycles. The van der Waals surface area contributed by atoms with Crippen LogP contribution in [0.1, 0.15) is 49.3 Å². The first-order chi connectivity index (χ1) is 11.1. The Hall–Kier alpha value is -1.97. The number of aliphatic hydroxyl groups is 1. The van der Waals surface area contributed by atoms with E-state index in [1.165, 1.54) is 17.2 Å². The van der Waals surface area contributed by atoms with Crippen LogP contribution in [0.15, 0.2) is 18.2 Å². The minimum Gasteiger partial charge on any atom is -0.393 e. The highest BCUT2D eigenvalue weighted by Gasteiger charge is 2.37. The highest BCUT2D eigenvalue weighted by molar-refractivity contribution is 5.78. The van der Waals surface area contributed by atoms with E-state index in [0.717, 1.165) is 0 Å². The second kappa shape index (κ2) is 6.65. The molecule has 1 saturated heterocycles. The molecule has 6 heteroatoms. The predicted molar refractivity (Wildman–Crippen MR) is 79.2 cm³/mol. The molecule has 1 aliphatic carbocycles. The van der Waals surface area contributed by atoms with Crippen LogP contribution in [-0.4, -0.2) is 28.8 Å². The average molecular weight is 318 g/mol. The van der Waals surface area contributed by atoms with Gasteiger partial charge in [-0.3, -0.25) is 9.63 Å². The summed E-state index contributed by atoms with van der Waals surface area (Å²) in [4.78, 5) is 18.2. The van der Waals surface area contributed by atoms with Crippen molar-refractivity contribution in [2.45, 2.75) is 44.2 Å². The zero-order chi connectivity index (χ0) is 16.4. The summed E-state index contributed by atoms with van der Waals surface area (Å²) < 4.78 is 13.7. The SMILES string of the molecule is N#Cc1cc(F)cc([C@@H]2CCON2C(=O)[C@H]2CC[C@@H](O)CC2)c1. The maximum atomic E-state index is 13.7. The van der Waals surface area contributed by atoms with Crippen molar-refractivity contribution in [3.63, 3.8) is 0 Å². The monoisotopic (exact) mass is 318 g/mol. The first kappa shape index (κ1) is 15.9. The van der Waals surface area contributed by atoms with E-state index in [1.807, 2.05) is 6.07 Å². The minimum atomic E-state index is -0.487. The molecule has 1 aromatic rings. The van der Waals surface area contributed by atoms with Crippen molar-refractivity contribution in [3.8, 4) is 6.07 Å². The molecule has 1 aromatic carbocycles. The Morgan fingerprint density at radius 3 is 2.70 bits per heavy atom. The van der Waals surface area contributed by atoms with Gasteiger partial charge in [0.1, 0.15) is 5.82 Å². The van der Waals surface area contributed by atoms with Crippen LogP contribution < -0.4 is 0 Å². The van der Waals surface area contributed by atoms with Gasteiger partial charge in [-0.2, -0.15) is 5.26 Å². The molecule has 0 radical (unpaired) electrons. The molecule has 0 bridgehead atoms. The van der Waals surface area contributed by atoms with E-state index in [1.54, 1.807) is 6.07 Å². The van der Waals surface area contributed by atoms with Gasteiger partial charge in [0.05, 0.1) is 30.4 Å². The fraction of sp³-hybridized carbons (Fsp3) is 0.529. The predicted octanol–water partition coefficient (Wildman–Crippen LogP) is 2.45. The molecule has 0 spiro atoms. The first-order valence-electron chi connectivity index (χ1n) is 7.93. The minimum absolute atomic E-state index is 0.109. The Morgan fingerprint density at radius 1 is 1.26 bits per heavy atom. The number of carbonyl (C=O) groups excluding carboxylic acids is 1. The van der Waals surface area contributed by atoms with Crippen LogP contribution in [0, 0.1) is 23.1 Å². The van der Waals surface area contributed by atoms with Crippen molar-refractivity contribution in [1.29, 1.82) is 5.26 Å². The molecule has 23 heavy (non-hydrogen) atoms. The van der Waals surface area contributed by atoms with Gasteiger partial charge in [0, 0.05) is 12.3 Å². The van der Waals surface area contributed by atoms with Crippen LogP contribution in [0.5, 0.6) is 0 Å². The molecule has 1 aliphatic heterocycles. The van der Waals surface area contributed by atoms with Crippen LogP contribution in [-0.2, 0) is 9.63 Å². The summed E-state index contributed by atoms with van der Waals surface area (Å²) in [5, 5.41) is 19.9. The van der Waals surface area contributed by atoms with Crippen LogP contribution in [0.3, 0.4) is 0 Å². The normalized spacial score (nSPS) is 27.7. The Morgan fingerprint density at radius 2 is 2.00 bits per heavy atom. The van der Waals surface area contributed by atoms with Crippen LogP contribution in [0.4, 0.5) is 4.39 Å². The molecule has 1 atom stereocenters. The van der Waals surface area contributed by atoms with Crippen LogP contribution in [0.2, 0.25) is 0 Å². The fourth-order valence-corrected chi connectivity index (χ4v) is 3.36. The summed E-state index contributed by atoms with van der Waals surface area (Å²) >= 11 is 0. The molecule has 3 rings (SSSR count). The summed E-state index contributed by atoms with van der Waals surface area (Å²) in [6.45, 7) is 0.393. The van der Waals surface area contributed by atoms with E-state index in [4.69, 9.17) is 10.1 Å². The molecular formula is C17H19FN2O3. The summed E-state index contributed by atoms with van der Waals surface area (Å²) in [6.07, 6.45) is 2.77. The molecule has 0 unspecified atom stereocenters. The molecule has 1 saturated carbocycles. The lowest BCUT2D eigenvalue weighted by atomic mass is 9.86. The number of carbonyl (C=O) groups is 1. The van der Waals surface area contributed by atoms with Gasteiger partial charge in [-0.15, -0.1) is 0 Å². The molecule has 1 heterocycles. The largest absolute Gasteiger partial charge is 0.393 e. The Balaban J connectivity index is 1.79. The molecule has 2 fully saturated rings. The van der Waals surface area contributed by atoms with Gasteiger partial charge in [-0.1, -0.05) is 0 Å². The summed E-state index contributed by atoms with van der Waals surface area (Å²) in [5.74, 6) is -0.760. The van der Waals surface area contributed by atoms with Gasteiger partial charge in [0.15, 0.2) is 0 Å². The van der Waals surface area contributed by atoms with E-state index >= 15 is 0 Å². The molecule has 122 valence electrons. The maximum absolute atomic E-state index is 13.7. The van der Waals surface area contributed by atoms with Gasteiger partial charge in [-0.05, 0) is 49.4 Å². The third-order valence-electron chi connectivity index (χ3n) is 4.60. The number of nitriles is 1. The third-order valence-corrected chi connectivity index (χ3v) is 4.60.